The highest BCUT2D eigenvalue weighted by Crippen LogP contribution is 2.29. The number of hydrogen-bond donors (Lipinski definition) is 0. The lowest BCUT2D eigenvalue weighted by Gasteiger charge is -2.23. The van der Waals surface area contributed by atoms with E-state index in [-0.39, 0.29) is 11.7 Å². The maximum absolute atomic E-state index is 13.4. The molecule has 0 atom stereocenters. The molecular formula is C28H26N4O2S. The Hall–Kier alpha value is -3.84. The topological polar surface area (TPSA) is 59.7 Å². The van der Waals surface area contributed by atoms with Crippen molar-refractivity contribution in [1.29, 1.82) is 0 Å². The molecule has 176 valence electrons. The van der Waals surface area contributed by atoms with Crippen LogP contribution in [0, 0.1) is 6.92 Å². The number of nitrogens with zero attached hydrogens (tertiary/aromatic N) is 4. The van der Waals surface area contributed by atoms with Gasteiger partial charge in [-0.3, -0.25) is 9.20 Å². The standard InChI is InChI=1S/C28H26N4O2S/c1-20-15-26-29-30-28(32(26)25-16-23(34-2)13-14-24(20)25)35-19-27(33)31(17-21-9-5-3-6-10-21)18-22-11-7-4-8-12-22/h3-16H,17-19H2,1-2H3. The van der Waals surface area contributed by atoms with Crippen molar-refractivity contribution in [3.8, 4) is 5.75 Å². The number of fused-ring (bicyclic) bond motifs is 3. The van der Waals surface area contributed by atoms with Gasteiger partial charge in [0.25, 0.3) is 0 Å². The molecule has 0 spiro atoms. The number of aryl methyl sites for hydroxylation is 1. The quantitative estimate of drug-likeness (QED) is 0.273. The number of benzene rings is 3. The van der Waals surface area contributed by atoms with Gasteiger partial charge in [-0.25, -0.2) is 0 Å². The van der Waals surface area contributed by atoms with E-state index < -0.39 is 0 Å². The molecule has 5 rings (SSSR count). The molecule has 0 N–H and O–H groups in total. The summed E-state index contributed by atoms with van der Waals surface area (Å²) in [4.78, 5) is 15.3. The number of amides is 1. The minimum Gasteiger partial charge on any atom is -0.497 e. The van der Waals surface area contributed by atoms with Crippen LogP contribution in [0.3, 0.4) is 0 Å². The molecule has 0 bridgehead atoms. The Bertz CT molecular complexity index is 1430. The van der Waals surface area contributed by atoms with Crippen molar-refractivity contribution in [2.75, 3.05) is 12.9 Å². The van der Waals surface area contributed by atoms with Crippen molar-refractivity contribution in [2.45, 2.75) is 25.2 Å². The smallest absolute Gasteiger partial charge is 0.233 e. The first-order chi connectivity index (χ1) is 17.1. The first kappa shape index (κ1) is 22.9. The Morgan fingerprint density at radius 2 is 1.57 bits per heavy atom. The molecule has 0 aliphatic heterocycles. The van der Waals surface area contributed by atoms with Crippen molar-refractivity contribution in [3.05, 3.63) is 102 Å². The molecule has 0 radical (unpaired) electrons. The summed E-state index contributed by atoms with van der Waals surface area (Å²) in [6.45, 7) is 3.16. The third-order valence-corrected chi connectivity index (χ3v) is 6.90. The average molecular weight is 483 g/mol. The first-order valence-corrected chi connectivity index (χ1v) is 12.4. The van der Waals surface area contributed by atoms with E-state index in [2.05, 4.69) is 17.1 Å². The van der Waals surface area contributed by atoms with Gasteiger partial charge in [0.2, 0.25) is 5.91 Å². The number of rotatable bonds is 8. The molecule has 0 aliphatic rings. The summed E-state index contributed by atoms with van der Waals surface area (Å²) in [5.41, 5.74) is 5.03. The van der Waals surface area contributed by atoms with E-state index in [9.17, 15) is 4.79 Å². The third kappa shape index (κ3) is 5.00. The number of methoxy groups -OCH3 is 1. The van der Waals surface area contributed by atoms with Crippen LogP contribution < -0.4 is 4.74 Å². The molecule has 1 amide bonds. The summed E-state index contributed by atoms with van der Waals surface area (Å²) >= 11 is 1.41. The highest BCUT2D eigenvalue weighted by Gasteiger charge is 2.18. The van der Waals surface area contributed by atoms with Crippen LogP contribution in [0.2, 0.25) is 0 Å². The molecule has 0 saturated carbocycles. The molecule has 2 aromatic heterocycles. The Balaban J connectivity index is 1.42. The summed E-state index contributed by atoms with van der Waals surface area (Å²) in [5, 5.41) is 10.6. The van der Waals surface area contributed by atoms with Gasteiger partial charge in [-0.15, -0.1) is 10.2 Å². The number of carbonyl (C=O) groups is 1. The molecule has 35 heavy (non-hydrogen) atoms. The Kier molecular flexibility index (Phi) is 6.68. The van der Waals surface area contributed by atoms with E-state index in [0.29, 0.717) is 18.2 Å². The van der Waals surface area contributed by atoms with E-state index in [1.165, 1.54) is 11.8 Å². The number of ether oxygens (including phenoxy) is 1. The van der Waals surface area contributed by atoms with Gasteiger partial charge in [-0.05, 0) is 41.8 Å². The van der Waals surface area contributed by atoms with E-state index in [1.54, 1.807) is 7.11 Å². The van der Waals surface area contributed by atoms with Gasteiger partial charge in [-0.1, -0.05) is 72.4 Å². The Morgan fingerprint density at radius 1 is 0.914 bits per heavy atom. The minimum absolute atomic E-state index is 0.0495. The molecule has 7 heteroatoms. The Labute approximate surface area is 208 Å². The zero-order valence-corrected chi connectivity index (χ0v) is 20.5. The lowest BCUT2D eigenvalue weighted by Crippen LogP contribution is -2.31. The summed E-state index contributed by atoms with van der Waals surface area (Å²) in [7, 11) is 1.66. The largest absolute Gasteiger partial charge is 0.497 e. The van der Waals surface area contributed by atoms with Gasteiger partial charge in [0.05, 0.1) is 18.4 Å². The summed E-state index contributed by atoms with van der Waals surface area (Å²) in [6, 6.07) is 28.2. The molecule has 2 heterocycles. The number of carbonyl (C=O) groups excluding carboxylic acids is 1. The van der Waals surface area contributed by atoms with E-state index in [4.69, 9.17) is 4.74 Å². The van der Waals surface area contributed by atoms with Crippen molar-refractivity contribution in [2.24, 2.45) is 0 Å². The fourth-order valence-electron chi connectivity index (χ4n) is 4.18. The fourth-order valence-corrected chi connectivity index (χ4v) is 5.04. The highest BCUT2D eigenvalue weighted by molar-refractivity contribution is 7.99. The lowest BCUT2D eigenvalue weighted by molar-refractivity contribution is -0.129. The van der Waals surface area contributed by atoms with Crippen molar-refractivity contribution < 1.29 is 9.53 Å². The highest BCUT2D eigenvalue weighted by atomic mass is 32.2. The van der Waals surface area contributed by atoms with E-state index in [0.717, 1.165) is 39.0 Å². The zero-order valence-electron chi connectivity index (χ0n) is 19.7. The van der Waals surface area contributed by atoms with Crippen LogP contribution in [-0.2, 0) is 17.9 Å². The first-order valence-electron chi connectivity index (χ1n) is 11.4. The maximum atomic E-state index is 13.4. The predicted octanol–water partition coefficient (Wildman–Crippen LogP) is 5.52. The van der Waals surface area contributed by atoms with Gasteiger partial charge in [0.15, 0.2) is 10.8 Å². The molecule has 0 saturated heterocycles. The lowest BCUT2D eigenvalue weighted by atomic mass is 10.1. The van der Waals surface area contributed by atoms with Crippen LogP contribution >= 0.6 is 11.8 Å². The molecule has 0 fully saturated rings. The van der Waals surface area contributed by atoms with Crippen LogP contribution in [0.1, 0.15) is 16.7 Å². The summed E-state index contributed by atoms with van der Waals surface area (Å²) in [5.74, 6) is 1.08. The SMILES string of the molecule is COc1ccc2c(C)cc3nnc(SCC(=O)N(Cc4ccccc4)Cc4ccccc4)n3c2c1. The molecule has 3 aromatic carbocycles. The van der Waals surface area contributed by atoms with Crippen molar-refractivity contribution in [3.63, 3.8) is 0 Å². The average Bonchev–Trinajstić information content (AvgIpc) is 3.30. The van der Waals surface area contributed by atoms with Crippen LogP contribution in [0.5, 0.6) is 5.75 Å². The molecule has 0 aliphatic carbocycles. The van der Waals surface area contributed by atoms with Crippen LogP contribution in [0.25, 0.3) is 16.6 Å². The Morgan fingerprint density at radius 3 is 2.20 bits per heavy atom. The molecular weight excluding hydrogens is 456 g/mol. The molecule has 6 nitrogen and oxygen atoms in total. The zero-order chi connectivity index (χ0) is 24.2. The second-order valence-corrected chi connectivity index (χ2v) is 9.34. The van der Waals surface area contributed by atoms with E-state index in [1.807, 2.05) is 94.2 Å². The molecule has 0 unspecified atom stereocenters. The monoisotopic (exact) mass is 482 g/mol. The second kappa shape index (κ2) is 10.2. The number of thioether (sulfide) groups is 1. The van der Waals surface area contributed by atoms with Crippen LogP contribution in [0.4, 0.5) is 0 Å². The van der Waals surface area contributed by atoms with Crippen LogP contribution in [0.15, 0.2) is 90.1 Å². The number of aromatic nitrogens is 3. The minimum atomic E-state index is 0.0495. The third-order valence-electron chi connectivity index (χ3n) is 5.98. The number of pyridine rings is 1. The van der Waals surface area contributed by atoms with Gasteiger partial charge in [0.1, 0.15) is 5.75 Å². The summed E-state index contributed by atoms with van der Waals surface area (Å²) < 4.78 is 7.45. The van der Waals surface area contributed by atoms with Gasteiger partial charge < -0.3 is 9.64 Å². The number of hydrogen-bond acceptors (Lipinski definition) is 5. The summed E-state index contributed by atoms with van der Waals surface area (Å²) in [6.07, 6.45) is 0. The second-order valence-electron chi connectivity index (χ2n) is 8.40. The predicted molar refractivity (Wildman–Crippen MR) is 140 cm³/mol. The van der Waals surface area contributed by atoms with Crippen LogP contribution in [-0.4, -0.2) is 38.3 Å². The fraction of sp³-hybridized carbons (Fsp3) is 0.179. The molecule has 5 aromatic rings. The van der Waals surface area contributed by atoms with Crippen molar-refractivity contribution >= 4 is 34.2 Å². The van der Waals surface area contributed by atoms with E-state index >= 15 is 0 Å². The normalized spacial score (nSPS) is 11.1. The van der Waals surface area contributed by atoms with Gasteiger partial charge in [0, 0.05) is 24.5 Å². The van der Waals surface area contributed by atoms with Crippen molar-refractivity contribution in [1.82, 2.24) is 19.5 Å². The van der Waals surface area contributed by atoms with Gasteiger partial charge >= 0.3 is 0 Å². The van der Waals surface area contributed by atoms with Gasteiger partial charge in [-0.2, -0.15) is 0 Å². The maximum Gasteiger partial charge on any atom is 0.233 e.